The second-order valence-corrected chi connectivity index (χ2v) is 4.87. The number of fused-ring (bicyclic) bond motifs is 1. The lowest BCUT2D eigenvalue weighted by molar-refractivity contribution is 0.0952. The van der Waals surface area contributed by atoms with Crippen LogP contribution in [0, 0.1) is 13.8 Å². The molecule has 3 nitrogen and oxygen atoms in total. The maximum atomic E-state index is 12.2. The molecule has 2 N–H and O–H groups in total. The Morgan fingerprint density at radius 3 is 2.82 bits per heavy atom. The minimum Gasteiger partial charge on any atom is -0.358 e. The Labute approximate surface area is 100 Å². The van der Waals surface area contributed by atoms with Crippen molar-refractivity contribution in [3.63, 3.8) is 0 Å². The predicted octanol–water partition coefficient (Wildman–Crippen LogP) is 2.68. The average molecular weight is 228 g/mol. The molecule has 0 bridgehead atoms. The van der Waals surface area contributed by atoms with Gasteiger partial charge in [-0.3, -0.25) is 4.79 Å². The van der Waals surface area contributed by atoms with E-state index in [4.69, 9.17) is 0 Å². The van der Waals surface area contributed by atoms with Crippen LogP contribution in [0.15, 0.2) is 18.2 Å². The molecule has 3 rings (SSSR count). The molecule has 1 aliphatic rings. The topological polar surface area (TPSA) is 44.9 Å². The van der Waals surface area contributed by atoms with E-state index in [0.29, 0.717) is 6.04 Å². The quantitative estimate of drug-likeness (QED) is 0.815. The molecule has 1 saturated carbocycles. The molecule has 1 fully saturated rings. The summed E-state index contributed by atoms with van der Waals surface area (Å²) in [4.78, 5) is 15.5. The van der Waals surface area contributed by atoms with Crippen molar-refractivity contribution in [1.29, 1.82) is 0 Å². The molecule has 3 heteroatoms. The molecule has 1 aromatic carbocycles. The standard InChI is InChI=1S/C14H16N2O/c1-8-4-3-5-11-12(9(2)15-13(8)11)14(17)16-10-6-7-10/h3-5,10,15H,6-7H2,1-2H3,(H,16,17). The molecule has 0 saturated heterocycles. The lowest BCUT2D eigenvalue weighted by atomic mass is 10.1. The van der Waals surface area contributed by atoms with Gasteiger partial charge >= 0.3 is 0 Å². The second kappa shape index (κ2) is 3.62. The monoisotopic (exact) mass is 228 g/mol. The SMILES string of the molecule is Cc1[nH]c2c(C)cccc2c1C(=O)NC1CC1. The van der Waals surface area contributed by atoms with Gasteiger partial charge in [-0.1, -0.05) is 18.2 Å². The molecule has 17 heavy (non-hydrogen) atoms. The summed E-state index contributed by atoms with van der Waals surface area (Å²) in [6, 6.07) is 6.46. The zero-order chi connectivity index (χ0) is 12.0. The van der Waals surface area contributed by atoms with Crippen molar-refractivity contribution in [3.8, 4) is 0 Å². The number of para-hydroxylation sites is 1. The highest BCUT2D eigenvalue weighted by Crippen LogP contribution is 2.26. The summed E-state index contributed by atoms with van der Waals surface area (Å²) in [5.74, 6) is 0.0573. The number of hydrogen-bond acceptors (Lipinski definition) is 1. The molecule has 1 aromatic heterocycles. The Morgan fingerprint density at radius 1 is 1.35 bits per heavy atom. The van der Waals surface area contributed by atoms with Gasteiger partial charge in [-0.2, -0.15) is 0 Å². The summed E-state index contributed by atoms with van der Waals surface area (Å²) < 4.78 is 0. The zero-order valence-electron chi connectivity index (χ0n) is 10.1. The average Bonchev–Trinajstić information content (AvgIpc) is 3.00. The number of aromatic nitrogens is 1. The van der Waals surface area contributed by atoms with Crippen molar-refractivity contribution < 1.29 is 4.79 Å². The first-order valence-corrected chi connectivity index (χ1v) is 6.05. The minimum atomic E-state index is 0.0573. The highest BCUT2D eigenvalue weighted by Gasteiger charge is 2.26. The van der Waals surface area contributed by atoms with Crippen LogP contribution < -0.4 is 5.32 Å². The van der Waals surface area contributed by atoms with Gasteiger partial charge in [-0.05, 0) is 32.3 Å². The first-order chi connectivity index (χ1) is 8.16. The Balaban J connectivity index is 2.11. The molecular formula is C14H16N2O. The second-order valence-electron chi connectivity index (χ2n) is 4.87. The number of H-pyrrole nitrogens is 1. The van der Waals surface area contributed by atoms with Crippen LogP contribution in [-0.4, -0.2) is 16.9 Å². The Morgan fingerprint density at radius 2 is 2.12 bits per heavy atom. The zero-order valence-corrected chi connectivity index (χ0v) is 10.1. The molecule has 2 aromatic rings. The van der Waals surface area contributed by atoms with Crippen molar-refractivity contribution in [1.82, 2.24) is 10.3 Å². The van der Waals surface area contributed by atoms with Gasteiger partial charge in [0.25, 0.3) is 5.91 Å². The Bertz CT molecular complexity index is 594. The minimum absolute atomic E-state index is 0.0573. The van der Waals surface area contributed by atoms with E-state index in [1.165, 1.54) is 5.56 Å². The maximum absolute atomic E-state index is 12.2. The Kier molecular flexibility index (Phi) is 2.21. The van der Waals surface area contributed by atoms with Gasteiger partial charge in [0.2, 0.25) is 0 Å². The van der Waals surface area contributed by atoms with Gasteiger partial charge in [0, 0.05) is 22.6 Å². The van der Waals surface area contributed by atoms with Crippen molar-refractivity contribution in [2.24, 2.45) is 0 Å². The van der Waals surface area contributed by atoms with Crippen molar-refractivity contribution in [2.75, 3.05) is 0 Å². The number of benzene rings is 1. The van der Waals surface area contributed by atoms with Crippen LogP contribution in [0.5, 0.6) is 0 Å². The summed E-state index contributed by atoms with van der Waals surface area (Å²) in [5.41, 5.74) is 4.00. The van der Waals surface area contributed by atoms with E-state index < -0.39 is 0 Å². The van der Waals surface area contributed by atoms with Crippen LogP contribution in [-0.2, 0) is 0 Å². The fraction of sp³-hybridized carbons (Fsp3) is 0.357. The normalized spacial score (nSPS) is 15.2. The van der Waals surface area contributed by atoms with E-state index in [2.05, 4.69) is 23.3 Å². The smallest absolute Gasteiger partial charge is 0.253 e. The van der Waals surface area contributed by atoms with Crippen molar-refractivity contribution in [3.05, 3.63) is 35.0 Å². The van der Waals surface area contributed by atoms with Crippen LogP contribution in [0.25, 0.3) is 10.9 Å². The number of amides is 1. The molecule has 1 amide bonds. The summed E-state index contributed by atoms with van der Waals surface area (Å²) in [5, 5.41) is 4.08. The van der Waals surface area contributed by atoms with Gasteiger partial charge in [0.15, 0.2) is 0 Å². The number of carbonyl (C=O) groups is 1. The first-order valence-electron chi connectivity index (χ1n) is 6.05. The lowest BCUT2D eigenvalue weighted by Gasteiger charge is -2.03. The summed E-state index contributed by atoms with van der Waals surface area (Å²) in [6.45, 7) is 4.02. The molecular weight excluding hydrogens is 212 g/mol. The number of aryl methyl sites for hydroxylation is 2. The lowest BCUT2D eigenvalue weighted by Crippen LogP contribution is -2.25. The number of rotatable bonds is 2. The third-order valence-electron chi connectivity index (χ3n) is 3.37. The van der Waals surface area contributed by atoms with Gasteiger partial charge in [-0.25, -0.2) is 0 Å². The van der Waals surface area contributed by atoms with Gasteiger partial charge in [0.1, 0.15) is 0 Å². The Hall–Kier alpha value is -1.77. The fourth-order valence-corrected chi connectivity index (χ4v) is 2.27. The van der Waals surface area contributed by atoms with E-state index in [1.807, 2.05) is 19.1 Å². The number of hydrogen-bond donors (Lipinski definition) is 2. The fourth-order valence-electron chi connectivity index (χ4n) is 2.27. The number of aromatic amines is 1. The van der Waals surface area contributed by atoms with E-state index in [1.54, 1.807) is 0 Å². The first kappa shape index (κ1) is 10.4. The van der Waals surface area contributed by atoms with Crippen molar-refractivity contribution >= 4 is 16.8 Å². The number of carbonyl (C=O) groups excluding carboxylic acids is 1. The van der Waals surface area contributed by atoms with Gasteiger partial charge < -0.3 is 10.3 Å². The van der Waals surface area contributed by atoms with Crippen LogP contribution >= 0.6 is 0 Å². The molecule has 0 atom stereocenters. The molecule has 0 radical (unpaired) electrons. The molecule has 0 aliphatic heterocycles. The van der Waals surface area contributed by atoms with E-state index in [0.717, 1.165) is 35.0 Å². The van der Waals surface area contributed by atoms with Crippen LogP contribution in [0.3, 0.4) is 0 Å². The molecule has 88 valence electrons. The maximum Gasteiger partial charge on any atom is 0.253 e. The summed E-state index contributed by atoms with van der Waals surface area (Å²) in [7, 11) is 0. The number of nitrogens with one attached hydrogen (secondary N) is 2. The summed E-state index contributed by atoms with van der Waals surface area (Å²) >= 11 is 0. The third kappa shape index (κ3) is 1.71. The molecule has 0 spiro atoms. The summed E-state index contributed by atoms with van der Waals surface area (Å²) in [6.07, 6.45) is 2.23. The van der Waals surface area contributed by atoms with Crippen LogP contribution in [0.2, 0.25) is 0 Å². The van der Waals surface area contributed by atoms with Gasteiger partial charge in [-0.15, -0.1) is 0 Å². The van der Waals surface area contributed by atoms with Gasteiger partial charge in [0.05, 0.1) is 5.56 Å². The predicted molar refractivity (Wildman–Crippen MR) is 68.3 cm³/mol. The van der Waals surface area contributed by atoms with Crippen LogP contribution in [0.1, 0.15) is 34.5 Å². The van der Waals surface area contributed by atoms with E-state index in [9.17, 15) is 4.79 Å². The highest BCUT2D eigenvalue weighted by atomic mass is 16.1. The third-order valence-corrected chi connectivity index (χ3v) is 3.37. The highest BCUT2D eigenvalue weighted by molar-refractivity contribution is 6.08. The van der Waals surface area contributed by atoms with Crippen molar-refractivity contribution in [2.45, 2.75) is 32.7 Å². The van der Waals surface area contributed by atoms with Crippen LogP contribution in [0.4, 0.5) is 0 Å². The van der Waals surface area contributed by atoms with E-state index >= 15 is 0 Å². The molecule has 1 heterocycles. The van der Waals surface area contributed by atoms with E-state index in [-0.39, 0.29) is 5.91 Å². The largest absolute Gasteiger partial charge is 0.358 e. The molecule has 0 unspecified atom stereocenters. The molecule has 1 aliphatic carbocycles.